The summed E-state index contributed by atoms with van der Waals surface area (Å²) >= 11 is 1.63. The van der Waals surface area contributed by atoms with Crippen molar-refractivity contribution in [3.05, 3.63) is 108 Å². The van der Waals surface area contributed by atoms with Crippen molar-refractivity contribution in [1.29, 1.82) is 0 Å². The molecular formula is C34H38O6S. The van der Waals surface area contributed by atoms with Gasteiger partial charge in [-0.15, -0.1) is 11.8 Å². The lowest BCUT2D eigenvalue weighted by atomic mass is 9.99. The fourth-order valence-corrected chi connectivity index (χ4v) is 5.90. The van der Waals surface area contributed by atoms with Crippen LogP contribution in [0.1, 0.15) is 23.6 Å². The average molecular weight is 575 g/mol. The zero-order valence-corrected chi connectivity index (χ0v) is 24.8. The molecule has 1 aliphatic heterocycles. The molecule has 0 aliphatic carbocycles. The number of ether oxygens (including phenoxy) is 6. The van der Waals surface area contributed by atoms with Crippen molar-refractivity contribution in [2.75, 3.05) is 20.5 Å². The van der Waals surface area contributed by atoms with Crippen molar-refractivity contribution in [2.45, 2.75) is 56.6 Å². The minimum atomic E-state index is -0.350. The second-order valence-corrected chi connectivity index (χ2v) is 11.1. The molecule has 4 aromatic carbocycles. The van der Waals surface area contributed by atoms with Crippen molar-refractivity contribution in [1.82, 2.24) is 0 Å². The summed E-state index contributed by atoms with van der Waals surface area (Å²) in [5.41, 5.74) is 3.00. The van der Waals surface area contributed by atoms with Gasteiger partial charge in [-0.25, -0.2) is 0 Å². The Balaban J connectivity index is 1.36. The lowest BCUT2D eigenvalue weighted by Gasteiger charge is -2.45. The molecule has 0 N–H and O–H groups in total. The van der Waals surface area contributed by atoms with E-state index in [9.17, 15) is 0 Å². The van der Waals surface area contributed by atoms with Gasteiger partial charge in [0.25, 0.3) is 0 Å². The second kappa shape index (κ2) is 14.2. The Morgan fingerprint density at radius 1 is 0.610 bits per heavy atom. The molecule has 0 saturated carbocycles. The van der Waals surface area contributed by atoms with E-state index in [0.717, 1.165) is 28.2 Å². The van der Waals surface area contributed by atoms with E-state index in [1.165, 1.54) is 10.8 Å². The normalized spacial score (nSPS) is 22.5. The highest BCUT2D eigenvalue weighted by Crippen LogP contribution is 2.34. The van der Waals surface area contributed by atoms with Crippen LogP contribution in [-0.2, 0) is 38.8 Å². The first-order chi connectivity index (χ1) is 20.1. The van der Waals surface area contributed by atoms with Gasteiger partial charge in [0, 0.05) is 0 Å². The molecule has 0 unspecified atom stereocenters. The van der Waals surface area contributed by atoms with Crippen LogP contribution in [0.15, 0.2) is 91.0 Å². The number of hydrogen-bond donors (Lipinski definition) is 0. The van der Waals surface area contributed by atoms with Crippen molar-refractivity contribution in [2.24, 2.45) is 0 Å². The molecule has 1 heterocycles. The van der Waals surface area contributed by atoms with Crippen LogP contribution in [0.4, 0.5) is 0 Å². The first kappa shape index (κ1) is 29.4. The SMILES string of the molecule is COc1ccc(CO[C@@H]2[C@@H](OCc3ccc(OC)cc3)[C@H](C)O[C@@H](SC)[C@@H]2OCc2ccc3ccccc3c2)cc1. The van der Waals surface area contributed by atoms with E-state index in [2.05, 4.69) is 42.5 Å². The van der Waals surface area contributed by atoms with Crippen LogP contribution in [-0.4, -0.2) is 50.3 Å². The quantitative estimate of drug-likeness (QED) is 0.180. The van der Waals surface area contributed by atoms with Crippen molar-refractivity contribution in [3.8, 4) is 11.5 Å². The molecule has 7 heteroatoms. The van der Waals surface area contributed by atoms with Gasteiger partial charge in [-0.05, 0) is 71.0 Å². The minimum absolute atomic E-state index is 0.188. The van der Waals surface area contributed by atoms with E-state index in [0.29, 0.717) is 19.8 Å². The van der Waals surface area contributed by atoms with Gasteiger partial charge < -0.3 is 28.4 Å². The highest BCUT2D eigenvalue weighted by atomic mass is 32.2. The maximum Gasteiger partial charge on any atom is 0.132 e. The summed E-state index contributed by atoms with van der Waals surface area (Å²) < 4.78 is 36.9. The molecule has 41 heavy (non-hydrogen) atoms. The lowest BCUT2D eigenvalue weighted by Crippen LogP contribution is -2.58. The molecular weight excluding hydrogens is 536 g/mol. The number of thioether (sulfide) groups is 1. The molecule has 1 aliphatic rings. The first-order valence-electron chi connectivity index (χ1n) is 13.8. The van der Waals surface area contributed by atoms with Gasteiger partial charge >= 0.3 is 0 Å². The van der Waals surface area contributed by atoms with Gasteiger partial charge in [-0.2, -0.15) is 0 Å². The maximum atomic E-state index is 6.65. The number of methoxy groups -OCH3 is 2. The molecule has 0 radical (unpaired) electrons. The van der Waals surface area contributed by atoms with Gasteiger partial charge in [0.1, 0.15) is 35.2 Å². The first-order valence-corrected chi connectivity index (χ1v) is 15.1. The second-order valence-electron chi connectivity index (χ2n) is 10.1. The van der Waals surface area contributed by atoms with Gasteiger partial charge in [-0.3, -0.25) is 0 Å². The summed E-state index contributed by atoms with van der Waals surface area (Å²) in [6, 6.07) is 30.6. The van der Waals surface area contributed by atoms with E-state index < -0.39 is 0 Å². The predicted molar refractivity (Wildman–Crippen MR) is 164 cm³/mol. The summed E-state index contributed by atoms with van der Waals surface area (Å²) in [4.78, 5) is 0. The zero-order chi connectivity index (χ0) is 28.6. The fraction of sp³-hybridized carbons (Fsp3) is 0.353. The molecule has 0 spiro atoms. The molecule has 4 aromatic rings. The number of fused-ring (bicyclic) bond motifs is 1. The highest BCUT2D eigenvalue weighted by Gasteiger charge is 2.46. The standard InChI is InChI=1S/C34H38O6S/c1-23-31(37-20-24-10-15-29(35-2)16-11-24)32(38-21-25-12-17-30(36-3)18-13-25)33(34(40-23)41-4)39-22-26-9-14-27-7-5-6-8-28(27)19-26/h5-19,23,31-34H,20-22H2,1-4H3/t23-,31-,32+,33+,34-/m0/s1. The van der Waals surface area contributed by atoms with Gasteiger partial charge in [0.15, 0.2) is 0 Å². The summed E-state index contributed by atoms with van der Waals surface area (Å²) in [5.74, 6) is 1.63. The Bertz CT molecular complexity index is 1380. The molecule has 216 valence electrons. The van der Waals surface area contributed by atoms with Gasteiger partial charge in [0.05, 0.1) is 40.1 Å². The Hall–Kier alpha value is -3.07. The predicted octanol–water partition coefficient (Wildman–Crippen LogP) is 7.02. The van der Waals surface area contributed by atoms with Crippen LogP contribution in [0.2, 0.25) is 0 Å². The molecule has 6 nitrogen and oxygen atoms in total. The Kier molecular flexibility index (Phi) is 10.2. The largest absolute Gasteiger partial charge is 0.497 e. The highest BCUT2D eigenvalue weighted by molar-refractivity contribution is 7.99. The van der Waals surface area contributed by atoms with Crippen LogP contribution in [0.5, 0.6) is 11.5 Å². The number of rotatable bonds is 12. The molecule has 0 bridgehead atoms. The van der Waals surface area contributed by atoms with Gasteiger partial charge in [-0.1, -0.05) is 60.7 Å². The molecule has 1 fully saturated rings. The fourth-order valence-electron chi connectivity index (χ4n) is 5.11. The van der Waals surface area contributed by atoms with E-state index in [4.69, 9.17) is 28.4 Å². The molecule has 1 saturated heterocycles. The Morgan fingerprint density at radius 2 is 1.12 bits per heavy atom. The van der Waals surface area contributed by atoms with E-state index in [-0.39, 0.29) is 29.9 Å². The number of benzene rings is 4. The van der Waals surface area contributed by atoms with Crippen LogP contribution < -0.4 is 9.47 Å². The van der Waals surface area contributed by atoms with E-state index in [1.807, 2.05) is 61.7 Å². The Morgan fingerprint density at radius 3 is 1.71 bits per heavy atom. The van der Waals surface area contributed by atoms with Crippen LogP contribution in [0.25, 0.3) is 10.8 Å². The number of hydrogen-bond acceptors (Lipinski definition) is 7. The topological polar surface area (TPSA) is 55.4 Å². The van der Waals surface area contributed by atoms with Crippen LogP contribution >= 0.6 is 11.8 Å². The van der Waals surface area contributed by atoms with Crippen molar-refractivity contribution in [3.63, 3.8) is 0 Å². The molecule has 5 rings (SSSR count). The summed E-state index contributed by atoms with van der Waals surface area (Å²) in [6.07, 6.45) is 0.833. The van der Waals surface area contributed by atoms with Crippen molar-refractivity contribution >= 4 is 22.5 Å². The molecule has 0 amide bonds. The van der Waals surface area contributed by atoms with Crippen LogP contribution in [0.3, 0.4) is 0 Å². The third kappa shape index (κ3) is 7.42. The summed E-state index contributed by atoms with van der Waals surface area (Å²) in [7, 11) is 3.33. The monoisotopic (exact) mass is 574 g/mol. The van der Waals surface area contributed by atoms with Crippen LogP contribution in [0, 0.1) is 0 Å². The minimum Gasteiger partial charge on any atom is -0.497 e. The van der Waals surface area contributed by atoms with E-state index in [1.54, 1.807) is 26.0 Å². The smallest absolute Gasteiger partial charge is 0.132 e. The molecule has 0 aromatic heterocycles. The Labute approximate surface area is 246 Å². The molecule has 5 atom stereocenters. The average Bonchev–Trinajstić information content (AvgIpc) is 3.02. The third-order valence-corrected chi connectivity index (χ3v) is 8.26. The summed E-state index contributed by atoms with van der Waals surface area (Å²) in [5, 5.41) is 2.40. The maximum absolute atomic E-state index is 6.65. The van der Waals surface area contributed by atoms with E-state index >= 15 is 0 Å². The third-order valence-electron chi connectivity index (χ3n) is 7.42. The lowest BCUT2D eigenvalue weighted by molar-refractivity contribution is -0.242. The summed E-state index contributed by atoms with van der Waals surface area (Å²) in [6.45, 7) is 3.33. The van der Waals surface area contributed by atoms with Crippen molar-refractivity contribution < 1.29 is 28.4 Å². The van der Waals surface area contributed by atoms with Gasteiger partial charge in [0.2, 0.25) is 0 Å². The zero-order valence-electron chi connectivity index (χ0n) is 24.0.